The molecule has 2 aromatic carbocycles. The van der Waals surface area contributed by atoms with E-state index in [1.807, 2.05) is 25.1 Å². The van der Waals surface area contributed by atoms with Crippen LogP contribution < -0.4 is 4.90 Å². The molecule has 0 spiro atoms. The third-order valence-electron chi connectivity index (χ3n) is 5.56. The number of anilines is 1. The van der Waals surface area contributed by atoms with Gasteiger partial charge in [-0.05, 0) is 56.4 Å². The van der Waals surface area contributed by atoms with Crippen molar-refractivity contribution >= 4 is 33.8 Å². The smallest absolute Gasteiger partial charge is 0.138 e. The second-order valence-corrected chi connectivity index (χ2v) is 7.90. The first kappa shape index (κ1) is 21.8. The molecule has 0 unspecified atom stereocenters. The molecule has 0 aliphatic carbocycles. The van der Waals surface area contributed by atoms with Crippen molar-refractivity contribution in [2.45, 2.75) is 6.92 Å². The van der Waals surface area contributed by atoms with Crippen LogP contribution in [0.2, 0.25) is 0 Å². The molecular weight excluding hydrogens is 400 g/mol. The average molecular weight is 431 g/mol. The lowest BCUT2D eigenvalue weighted by Crippen LogP contribution is -2.44. The Balaban J connectivity index is 0.000000567. The molecule has 0 atom stereocenters. The number of piperazine rings is 1. The molecule has 0 amide bonds. The summed E-state index contributed by atoms with van der Waals surface area (Å²) < 4.78 is 0. The molecule has 7 nitrogen and oxygen atoms in total. The molecule has 0 radical (unpaired) electrons. The minimum absolute atomic E-state index is 0.0833. The summed E-state index contributed by atoms with van der Waals surface area (Å²) >= 11 is 0. The number of aromatic amines is 2. The van der Waals surface area contributed by atoms with Gasteiger partial charge in [-0.3, -0.25) is 0 Å². The fourth-order valence-electron chi connectivity index (χ4n) is 3.81. The number of likely N-dealkylation sites (N-methyl/N-ethyl adjacent to an activating group) is 1. The van der Waals surface area contributed by atoms with Crippen LogP contribution in [0, 0.1) is 0 Å². The summed E-state index contributed by atoms with van der Waals surface area (Å²) in [6.07, 6.45) is 5.39. The standard InChI is InChI=1S/C22H24N6.C3H6O/c1-3-4-21-23-17-7-5-15(13-19(17)24-21)22-25-18-8-6-16(14-20(18)26-22)28-11-9-27(2)10-12-28;1-2-3-4/h3-8,13-14H,9-12H2,1-2H3,(H,23,24)(H,25,26);2,4H,1,3H2/b4-3-;. The zero-order chi connectivity index (χ0) is 22.5. The Bertz CT molecular complexity index is 1230. The summed E-state index contributed by atoms with van der Waals surface area (Å²) in [7, 11) is 2.18. The number of benzene rings is 2. The van der Waals surface area contributed by atoms with Gasteiger partial charge in [-0.2, -0.15) is 0 Å². The minimum Gasteiger partial charge on any atom is -0.392 e. The second kappa shape index (κ2) is 9.80. The minimum atomic E-state index is 0.0833. The van der Waals surface area contributed by atoms with Crippen molar-refractivity contribution < 1.29 is 5.11 Å². The zero-order valence-corrected chi connectivity index (χ0v) is 18.7. The van der Waals surface area contributed by atoms with E-state index in [1.165, 1.54) is 11.8 Å². The Morgan fingerprint density at radius 3 is 2.41 bits per heavy atom. The maximum atomic E-state index is 7.76. The van der Waals surface area contributed by atoms with E-state index >= 15 is 0 Å². The first-order valence-electron chi connectivity index (χ1n) is 10.9. The van der Waals surface area contributed by atoms with Gasteiger partial charge in [-0.25, -0.2) is 9.97 Å². The van der Waals surface area contributed by atoms with Crippen molar-refractivity contribution in [2.75, 3.05) is 44.7 Å². The fraction of sp³-hybridized carbons (Fsp3) is 0.280. The molecule has 1 aliphatic heterocycles. The van der Waals surface area contributed by atoms with Gasteiger partial charge in [0.25, 0.3) is 0 Å². The number of H-pyrrole nitrogens is 2. The number of imidazole rings is 2. The van der Waals surface area contributed by atoms with Crippen molar-refractivity contribution in [2.24, 2.45) is 0 Å². The molecule has 2 aromatic heterocycles. The Hall–Kier alpha value is -3.42. The highest BCUT2D eigenvalue weighted by atomic mass is 16.2. The summed E-state index contributed by atoms with van der Waals surface area (Å²) in [6, 6.07) is 12.7. The molecule has 5 rings (SSSR count). The van der Waals surface area contributed by atoms with E-state index in [0.29, 0.717) is 0 Å². The Morgan fingerprint density at radius 1 is 1.00 bits per heavy atom. The van der Waals surface area contributed by atoms with Gasteiger partial charge in [0, 0.05) is 37.4 Å². The number of fused-ring (bicyclic) bond motifs is 2. The van der Waals surface area contributed by atoms with E-state index < -0.39 is 0 Å². The summed E-state index contributed by atoms with van der Waals surface area (Å²) in [4.78, 5) is 21.0. The van der Waals surface area contributed by atoms with E-state index in [0.717, 1.165) is 65.5 Å². The number of nitrogens with one attached hydrogen (secondary N) is 2. The van der Waals surface area contributed by atoms with Gasteiger partial charge in [0.2, 0.25) is 0 Å². The van der Waals surface area contributed by atoms with Crippen LogP contribution in [0.1, 0.15) is 12.7 Å². The van der Waals surface area contributed by atoms with Crippen LogP contribution in [0.4, 0.5) is 5.69 Å². The van der Waals surface area contributed by atoms with Gasteiger partial charge in [0.05, 0.1) is 28.7 Å². The van der Waals surface area contributed by atoms with E-state index in [1.54, 1.807) is 0 Å². The monoisotopic (exact) mass is 430 g/mol. The summed E-state index contributed by atoms with van der Waals surface area (Å²) in [5, 5.41) is 7.76. The SMILES string of the molecule is C/C=C\c1nc2ccc(-c3nc4ccc(N5CCN(C)CC5)cc4[nH]3)cc2[nH]1.C=CCO. The molecule has 7 heteroatoms. The molecule has 3 heterocycles. The van der Waals surface area contributed by atoms with Crippen molar-refractivity contribution in [1.82, 2.24) is 24.8 Å². The van der Waals surface area contributed by atoms with Crippen molar-refractivity contribution in [3.05, 3.63) is 61.0 Å². The second-order valence-electron chi connectivity index (χ2n) is 7.90. The highest BCUT2D eigenvalue weighted by Gasteiger charge is 2.15. The van der Waals surface area contributed by atoms with Crippen LogP contribution in [0.5, 0.6) is 0 Å². The number of hydrogen-bond acceptors (Lipinski definition) is 5. The lowest BCUT2D eigenvalue weighted by atomic mass is 10.2. The summed E-state index contributed by atoms with van der Waals surface area (Å²) in [6.45, 7) is 9.63. The predicted molar refractivity (Wildman–Crippen MR) is 133 cm³/mol. The number of allylic oxidation sites excluding steroid dienone is 1. The molecule has 166 valence electrons. The normalized spacial score (nSPS) is 14.8. The van der Waals surface area contributed by atoms with Crippen molar-refractivity contribution in [3.63, 3.8) is 0 Å². The highest BCUT2D eigenvalue weighted by Crippen LogP contribution is 2.27. The Labute approximate surface area is 188 Å². The molecule has 3 N–H and O–H groups in total. The lowest BCUT2D eigenvalue weighted by Gasteiger charge is -2.34. The highest BCUT2D eigenvalue weighted by molar-refractivity contribution is 5.86. The molecule has 0 bridgehead atoms. The first-order valence-corrected chi connectivity index (χ1v) is 10.9. The average Bonchev–Trinajstić information content (AvgIpc) is 3.42. The van der Waals surface area contributed by atoms with Crippen molar-refractivity contribution in [3.8, 4) is 11.4 Å². The van der Waals surface area contributed by atoms with Crippen LogP contribution in [-0.2, 0) is 0 Å². The summed E-state index contributed by atoms with van der Waals surface area (Å²) in [5.74, 6) is 1.76. The van der Waals surface area contributed by atoms with Crippen LogP contribution in [0.25, 0.3) is 39.5 Å². The number of aliphatic hydroxyl groups is 1. The maximum Gasteiger partial charge on any atom is 0.138 e. The van der Waals surface area contributed by atoms with Gasteiger partial charge in [-0.15, -0.1) is 6.58 Å². The number of aromatic nitrogens is 4. The lowest BCUT2D eigenvalue weighted by molar-refractivity contribution is 0.313. The van der Waals surface area contributed by atoms with E-state index in [4.69, 9.17) is 10.1 Å². The van der Waals surface area contributed by atoms with Crippen LogP contribution in [0.3, 0.4) is 0 Å². The zero-order valence-electron chi connectivity index (χ0n) is 18.7. The van der Waals surface area contributed by atoms with Crippen LogP contribution >= 0.6 is 0 Å². The topological polar surface area (TPSA) is 84.1 Å². The van der Waals surface area contributed by atoms with Gasteiger partial charge >= 0.3 is 0 Å². The van der Waals surface area contributed by atoms with E-state index in [-0.39, 0.29) is 6.61 Å². The number of aliphatic hydroxyl groups excluding tert-OH is 1. The number of hydrogen-bond donors (Lipinski definition) is 3. The number of nitrogens with zero attached hydrogens (tertiary/aromatic N) is 4. The molecule has 0 saturated carbocycles. The van der Waals surface area contributed by atoms with E-state index in [9.17, 15) is 0 Å². The molecule has 1 aliphatic rings. The third kappa shape index (κ3) is 4.74. The Morgan fingerprint density at radius 2 is 1.69 bits per heavy atom. The molecular formula is C25H30N6O. The first-order chi connectivity index (χ1) is 15.6. The van der Waals surface area contributed by atoms with Gasteiger partial charge in [0.15, 0.2) is 0 Å². The maximum absolute atomic E-state index is 7.76. The largest absolute Gasteiger partial charge is 0.392 e. The number of rotatable bonds is 4. The quantitative estimate of drug-likeness (QED) is 0.425. The van der Waals surface area contributed by atoms with Crippen LogP contribution in [-0.4, -0.2) is 69.8 Å². The van der Waals surface area contributed by atoms with Crippen molar-refractivity contribution in [1.29, 1.82) is 0 Å². The van der Waals surface area contributed by atoms with Gasteiger partial charge in [0.1, 0.15) is 11.6 Å². The predicted octanol–water partition coefficient (Wildman–Crippen LogP) is 4.06. The van der Waals surface area contributed by atoms with E-state index in [2.05, 4.69) is 68.7 Å². The van der Waals surface area contributed by atoms with Gasteiger partial charge < -0.3 is 24.9 Å². The molecule has 32 heavy (non-hydrogen) atoms. The Kier molecular flexibility index (Phi) is 6.68. The molecule has 1 fully saturated rings. The van der Waals surface area contributed by atoms with Crippen LogP contribution in [0.15, 0.2) is 55.1 Å². The third-order valence-corrected chi connectivity index (χ3v) is 5.56. The molecule has 4 aromatic rings. The van der Waals surface area contributed by atoms with Gasteiger partial charge in [-0.1, -0.05) is 12.2 Å². The summed E-state index contributed by atoms with van der Waals surface area (Å²) in [5.41, 5.74) is 6.36. The fourth-order valence-corrected chi connectivity index (χ4v) is 3.81. The molecule has 1 saturated heterocycles.